The summed E-state index contributed by atoms with van der Waals surface area (Å²) in [5.74, 6) is -1.27. The van der Waals surface area contributed by atoms with Gasteiger partial charge in [-0.1, -0.05) is 18.2 Å². The van der Waals surface area contributed by atoms with Gasteiger partial charge in [-0.2, -0.15) is 5.26 Å². The molecule has 1 saturated heterocycles. The van der Waals surface area contributed by atoms with Gasteiger partial charge in [0.15, 0.2) is 16.4 Å². The van der Waals surface area contributed by atoms with Gasteiger partial charge in [-0.3, -0.25) is 4.79 Å². The number of rotatable bonds is 5. The largest absolute Gasteiger partial charge is 0.452 e. The van der Waals surface area contributed by atoms with Gasteiger partial charge < -0.3 is 9.64 Å². The van der Waals surface area contributed by atoms with E-state index >= 15 is 0 Å². The van der Waals surface area contributed by atoms with Crippen LogP contribution in [-0.4, -0.2) is 44.4 Å². The SMILES string of the molecule is N#Cc1ccc(C(=O)OCC(=O)N(c2ccccc2)[C@@H]2CCS(=O)(=O)C2)cc1. The van der Waals surface area contributed by atoms with Gasteiger partial charge in [-0.15, -0.1) is 0 Å². The molecule has 1 fully saturated rings. The maximum absolute atomic E-state index is 12.8. The lowest BCUT2D eigenvalue weighted by atomic mass is 10.1. The first kappa shape index (κ1) is 19.6. The Labute approximate surface area is 163 Å². The maximum atomic E-state index is 12.8. The number of anilines is 1. The second kappa shape index (κ2) is 8.23. The number of hydrogen-bond acceptors (Lipinski definition) is 6. The molecule has 0 unspecified atom stereocenters. The van der Waals surface area contributed by atoms with Crippen LogP contribution >= 0.6 is 0 Å². The van der Waals surface area contributed by atoms with Crippen molar-refractivity contribution in [1.29, 1.82) is 5.26 Å². The number of benzene rings is 2. The number of carbonyl (C=O) groups excluding carboxylic acids is 2. The molecule has 1 aliphatic heterocycles. The van der Waals surface area contributed by atoms with E-state index in [0.717, 1.165) is 0 Å². The van der Waals surface area contributed by atoms with Crippen LogP contribution in [0.3, 0.4) is 0 Å². The second-order valence-corrected chi connectivity index (χ2v) is 8.65. The minimum atomic E-state index is -3.19. The fourth-order valence-corrected chi connectivity index (χ4v) is 4.79. The number of esters is 1. The van der Waals surface area contributed by atoms with Crippen molar-refractivity contribution in [2.75, 3.05) is 23.0 Å². The van der Waals surface area contributed by atoms with Crippen LogP contribution in [0.25, 0.3) is 0 Å². The van der Waals surface area contributed by atoms with Crippen LogP contribution in [0.5, 0.6) is 0 Å². The highest BCUT2D eigenvalue weighted by molar-refractivity contribution is 7.91. The van der Waals surface area contributed by atoms with Crippen LogP contribution in [0, 0.1) is 11.3 Å². The van der Waals surface area contributed by atoms with Crippen molar-refractivity contribution in [3.63, 3.8) is 0 Å². The lowest BCUT2D eigenvalue weighted by molar-refractivity contribution is -0.122. The number of para-hydroxylation sites is 1. The van der Waals surface area contributed by atoms with E-state index in [4.69, 9.17) is 10.00 Å². The van der Waals surface area contributed by atoms with Crippen LogP contribution in [0.1, 0.15) is 22.3 Å². The molecule has 0 radical (unpaired) electrons. The molecule has 2 aromatic carbocycles. The summed E-state index contributed by atoms with van der Waals surface area (Å²) < 4.78 is 28.8. The molecule has 0 N–H and O–H groups in total. The standard InChI is InChI=1S/C20H18N2O5S/c21-12-15-6-8-16(9-7-15)20(24)27-13-19(23)22(17-4-2-1-3-5-17)18-10-11-28(25,26)14-18/h1-9,18H,10-11,13-14H2/t18-/m1/s1. The summed E-state index contributed by atoms with van der Waals surface area (Å²) in [6.45, 7) is -0.510. The third-order valence-corrected chi connectivity index (χ3v) is 6.20. The van der Waals surface area contributed by atoms with Gasteiger partial charge in [0.05, 0.1) is 34.7 Å². The molecule has 8 heteroatoms. The lowest BCUT2D eigenvalue weighted by Crippen LogP contribution is -2.43. The molecule has 1 atom stereocenters. The lowest BCUT2D eigenvalue weighted by Gasteiger charge is -2.28. The van der Waals surface area contributed by atoms with Gasteiger partial charge in [0, 0.05) is 5.69 Å². The quantitative estimate of drug-likeness (QED) is 0.713. The predicted molar refractivity (Wildman–Crippen MR) is 102 cm³/mol. The first-order valence-corrected chi connectivity index (χ1v) is 10.5. The van der Waals surface area contributed by atoms with E-state index in [1.165, 1.54) is 29.2 Å². The Morgan fingerprint density at radius 1 is 1.11 bits per heavy atom. The smallest absolute Gasteiger partial charge is 0.338 e. The number of nitriles is 1. The molecule has 0 saturated carbocycles. The van der Waals surface area contributed by atoms with Crippen molar-refractivity contribution in [2.24, 2.45) is 0 Å². The monoisotopic (exact) mass is 398 g/mol. The van der Waals surface area contributed by atoms with E-state index in [0.29, 0.717) is 17.7 Å². The van der Waals surface area contributed by atoms with Crippen LogP contribution in [-0.2, 0) is 19.4 Å². The number of carbonyl (C=O) groups is 2. The van der Waals surface area contributed by atoms with Crippen LogP contribution in [0.2, 0.25) is 0 Å². The molecular weight excluding hydrogens is 380 g/mol. The molecule has 2 aromatic rings. The normalized spacial score (nSPS) is 17.5. The Morgan fingerprint density at radius 2 is 1.79 bits per heavy atom. The molecule has 0 aliphatic carbocycles. The third-order valence-electron chi connectivity index (χ3n) is 4.45. The first-order chi connectivity index (χ1) is 13.4. The zero-order chi connectivity index (χ0) is 20.1. The fraction of sp³-hybridized carbons (Fsp3) is 0.250. The van der Waals surface area contributed by atoms with Gasteiger partial charge in [0.25, 0.3) is 5.91 Å². The van der Waals surface area contributed by atoms with Gasteiger partial charge in [-0.05, 0) is 42.8 Å². The number of sulfone groups is 1. The highest BCUT2D eigenvalue weighted by Gasteiger charge is 2.35. The average Bonchev–Trinajstić information content (AvgIpc) is 3.06. The van der Waals surface area contributed by atoms with Crippen molar-refractivity contribution in [2.45, 2.75) is 12.5 Å². The molecule has 0 spiro atoms. The highest BCUT2D eigenvalue weighted by Crippen LogP contribution is 2.24. The van der Waals surface area contributed by atoms with Gasteiger partial charge in [0.1, 0.15) is 0 Å². The Hall–Kier alpha value is -3.18. The van der Waals surface area contributed by atoms with E-state index in [9.17, 15) is 18.0 Å². The molecule has 3 rings (SSSR count). The first-order valence-electron chi connectivity index (χ1n) is 8.64. The summed E-state index contributed by atoms with van der Waals surface area (Å²) in [4.78, 5) is 26.3. The van der Waals surface area contributed by atoms with E-state index in [-0.39, 0.29) is 17.1 Å². The number of ether oxygens (including phenoxy) is 1. The zero-order valence-corrected chi connectivity index (χ0v) is 15.8. The molecule has 1 amide bonds. The molecule has 0 bridgehead atoms. The van der Waals surface area contributed by atoms with Gasteiger partial charge >= 0.3 is 5.97 Å². The van der Waals surface area contributed by atoms with E-state index in [1.807, 2.05) is 6.07 Å². The van der Waals surface area contributed by atoms with Crippen LogP contribution < -0.4 is 4.90 Å². The van der Waals surface area contributed by atoms with Crippen molar-refractivity contribution < 1.29 is 22.7 Å². The Morgan fingerprint density at radius 3 is 2.36 bits per heavy atom. The van der Waals surface area contributed by atoms with Crippen LogP contribution in [0.4, 0.5) is 5.69 Å². The summed E-state index contributed by atoms with van der Waals surface area (Å²) in [7, 11) is -3.19. The van der Waals surface area contributed by atoms with Crippen LogP contribution in [0.15, 0.2) is 54.6 Å². The maximum Gasteiger partial charge on any atom is 0.338 e. The molecule has 144 valence electrons. The summed E-state index contributed by atoms with van der Waals surface area (Å²) >= 11 is 0. The topological polar surface area (TPSA) is 105 Å². The molecule has 28 heavy (non-hydrogen) atoms. The van der Waals surface area contributed by atoms with E-state index in [2.05, 4.69) is 0 Å². The van der Waals surface area contributed by atoms with E-state index < -0.39 is 34.4 Å². The Kier molecular flexibility index (Phi) is 5.76. The van der Waals surface area contributed by atoms with Gasteiger partial charge in [-0.25, -0.2) is 13.2 Å². The molecule has 0 aromatic heterocycles. The summed E-state index contributed by atoms with van der Waals surface area (Å²) in [5, 5.41) is 8.79. The van der Waals surface area contributed by atoms with Crippen molar-refractivity contribution in [1.82, 2.24) is 0 Å². The summed E-state index contributed by atoms with van der Waals surface area (Å²) in [6.07, 6.45) is 0.340. The second-order valence-electron chi connectivity index (χ2n) is 6.42. The minimum Gasteiger partial charge on any atom is -0.452 e. The number of nitrogens with zero attached hydrogens (tertiary/aromatic N) is 2. The summed E-state index contributed by atoms with van der Waals surface area (Å²) in [5.41, 5.74) is 1.19. The Bertz CT molecular complexity index is 1010. The van der Waals surface area contributed by atoms with E-state index in [1.54, 1.807) is 30.3 Å². The third kappa shape index (κ3) is 4.56. The molecule has 1 aliphatic rings. The van der Waals surface area contributed by atoms with Crippen molar-refractivity contribution >= 4 is 27.4 Å². The average molecular weight is 398 g/mol. The number of hydrogen-bond donors (Lipinski definition) is 0. The molecule has 1 heterocycles. The molecular formula is C20H18N2O5S. The zero-order valence-electron chi connectivity index (χ0n) is 14.9. The van der Waals surface area contributed by atoms with Crippen molar-refractivity contribution in [3.05, 3.63) is 65.7 Å². The minimum absolute atomic E-state index is 0.0271. The molecule has 7 nitrogen and oxygen atoms in total. The van der Waals surface area contributed by atoms with Gasteiger partial charge in [0.2, 0.25) is 0 Å². The number of amides is 1. The van der Waals surface area contributed by atoms with Crippen molar-refractivity contribution in [3.8, 4) is 6.07 Å². The highest BCUT2D eigenvalue weighted by atomic mass is 32.2. The Balaban J connectivity index is 1.72. The predicted octanol–water partition coefficient (Wildman–Crippen LogP) is 1.94. The summed E-state index contributed by atoms with van der Waals surface area (Å²) in [6, 6.07) is 16.1. The fourth-order valence-electron chi connectivity index (χ4n) is 3.09.